The molecule has 2 N–H and O–H groups in total. The van der Waals surface area contributed by atoms with Crippen LogP contribution in [0.5, 0.6) is 0 Å². The third-order valence-corrected chi connectivity index (χ3v) is 5.55. The molecule has 0 atom stereocenters. The topological polar surface area (TPSA) is 50.4 Å². The number of hydrogen-bond donors (Lipinski definition) is 2. The van der Waals surface area contributed by atoms with E-state index in [9.17, 15) is 9.18 Å². The summed E-state index contributed by atoms with van der Waals surface area (Å²) in [6.45, 7) is 0. The average Bonchev–Trinajstić information content (AvgIpc) is 2.77. The summed E-state index contributed by atoms with van der Waals surface area (Å²) in [6, 6.07) is 5.93. The van der Waals surface area contributed by atoms with Crippen LogP contribution in [0.4, 0.5) is 15.1 Å². The number of methoxy groups -OCH3 is 1. The third-order valence-electron chi connectivity index (χ3n) is 4.14. The first-order valence-corrected chi connectivity index (χ1v) is 9.37. The van der Waals surface area contributed by atoms with E-state index in [1.807, 2.05) is 0 Å². The lowest BCUT2D eigenvalue weighted by molar-refractivity contribution is 0.0601. The number of aryl methyl sites for hydroxylation is 1. The van der Waals surface area contributed by atoms with E-state index in [4.69, 9.17) is 17.0 Å². The Balaban J connectivity index is 1.82. The summed E-state index contributed by atoms with van der Waals surface area (Å²) < 4.78 is 18.0. The molecule has 0 radical (unpaired) electrons. The molecule has 1 aromatic carbocycles. The number of rotatable bonds is 3. The Bertz CT molecular complexity index is 787. The first kappa shape index (κ1) is 17.8. The Kier molecular flexibility index (Phi) is 5.65. The fourth-order valence-corrected chi connectivity index (χ4v) is 4.51. The molecule has 7 heteroatoms. The van der Waals surface area contributed by atoms with Crippen molar-refractivity contribution in [2.24, 2.45) is 0 Å². The minimum absolute atomic E-state index is 0.306. The lowest BCUT2D eigenvalue weighted by Crippen LogP contribution is -2.20. The number of benzene rings is 1. The number of thiocarbonyl (C=S) groups is 1. The highest BCUT2D eigenvalue weighted by Crippen LogP contribution is 2.38. The van der Waals surface area contributed by atoms with Crippen LogP contribution in [0, 0.1) is 5.82 Å². The van der Waals surface area contributed by atoms with Gasteiger partial charge in [-0.25, -0.2) is 9.18 Å². The van der Waals surface area contributed by atoms with Gasteiger partial charge >= 0.3 is 5.97 Å². The molecule has 0 unspecified atom stereocenters. The number of anilines is 2. The van der Waals surface area contributed by atoms with E-state index in [0.717, 1.165) is 31.2 Å². The van der Waals surface area contributed by atoms with Crippen LogP contribution in [-0.4, -0.2) is 18.2 Å². The molecule has 2 aromatic rings. The van der Waals surface area contributed by atoms with Crippen LogP contribution >= 0.6 is 23.6 Å². The summed E-state index contributed by atoms with van der Waals surface area (Å²) in [6.07, 6.45) is 5.24. The van der Waals surface area contributed by atoms with Crippen molar-refractivity contribution in [3.8, 4) is 0 Å². The molecule has 1 heterocycles. The molecular formula is C18H19FN2O2S2. The van der Waals surface area contributed by atoms with Gasteiger partial charge < -0.3 is 15.4 Å². The number of hydrogen-bond acceptors (Lipinski definition) is 4. The van der Waals surface area contributed by atoms with Gasteiger partial charge in [-0.05, 0) is 67.7 Å². The molecule has 0 amide bonds. The maximum Gasteiger partial charge on any atom is 0.341 e. The third kappa shape index (κ3) is 4.16. The predicted molar refractivity (Wildman–Crippen MR) is 103 cm³/mol. The first-order chi connectivity index (χ1) is 12.1. The summed E-state index contributed by atoms with van der Waals surface area (Å²) in [5.41, 5.74) is 2.35. The number of esters is 1. The summed E-state index contributed by atoms with van der Waals surface area (Å²) in [4.78, 5) is 13.5. The number of thiophene rings is 1. The summed E-state index contributed by atoms with van der Waals surface area (Å²) in [7, 11) is 1.39. The van der Waals surface area contributed by atoms with Gasteiger partial charge in [-0.15, -0.1) is 11.3 Å². The van der Waals surface area contributed by atoms with Gasteiger partial charge in [0.25, 0.3) is 0 Å². The molecule has 0 aliphatic heterocycles. The number of carbonyl (C=O) groups excluding carboxylic acids is 1. The summed E-state index contributed by atoms with van der Waals surface area (Å²) in [5.74, 6) is -0.647. The van der Waals surface area contributed by atoms with Crippen LogP contribution in [0.3, 0.4) is 0 Å². The molecule has 1 aliphatic carbocycles. The van der Waals surface area contributed by atoms with E-state index < -0.39 is 0 Å². The van der Waals surface area contributed by atoms with Gasteiger partial charge in [0, 0.05) is 10.6 Å². The van der Waals surface area contributed by atoms with Gasteiger partial charge in [-0.2, -0.15) is 0 Å². The second-order valence-electron chi connectivity index (χ2n) is 5.85. The van der Waals surface area contributed by atoms with Crippen LogP contribution in [0.15, 0.2) is 24.3 Å². The van der Waals surface area contributed by atoms with E-state index in [0.29, 0.717) is 21.4 Å². The van der Waals surface area contributed by atoms with Gasteiger partial charge in [-0.1, -0.05) is 6.42 Å². The zero-order valence-corrected chi connectivity index (χ0v) is 15.5. The highest BCUT2D eigenvalue weighted by atomic mass is 32.1. The van der Waals surface area contributed by atoms with E-state index >= 15 is 0 Å². The van der Waals surface area contributed by atoms with Gasteiger partial charge in [0.1, 0.15) is 10.8 Å². The Morgan fingerprint density at radius 1 is 1.16 bits per heavy atom. The van der Waals surface area contributed by atoms with E-state index in [1.165, 1.54) is 30.5 Å². The Labute approximate surface area is 155 Å². The minimum atomic E-state index is -0.341. The van der Waals surface area contributed by atoms with Crippen molar-refractivity contribution in [1.82, 2.24) is 0 Å². The number of ether oxygens (including phenoxy) is 1. The highest BCUT2D eigenvalue weighted by Gasteiger charge is 2.25. The van der Waals surface area contributed by atoms with E-state index in [1.54, 1.807) is 23.5 Å². The molecule has 1 aromatic heterocycles. The second-order valence-corrected chi connectivity index (χ2v) is 7.36. The second kappa shape index (κ2) is 7.93. The lowest BCUT2D eigenvalue weighted by atomic mass is 10.1. The summed E-state index contributed by atoms with van der Waals surface area (Å²) >= 11 is 6.90. The number of nitrogens with one attached hydrogen (secondary N) is 2. The maximum absolute atomic E-state index is 13.0. The molecule has 0 bridgehead atoms. The number of halogens is 1. The Hall–Kier alpha value is -1.99. The fraction of sp³-hybridized carbons (Fsp3) is 0.333. The Morgan fingerprint density at radius 2 is 1.88 bits per heavy atom. The van der Waals surface area contributed by atoms with Gasteiger partial charge in [0.15, 0.2) is 5.11 Å². The standard InChI is InChI=1S/C18H19FN2O2S2/c1-23-17(22)15-13-5-3-2-4-6-14(13)25-16(15)21-18(24)20-12-9-7-11(19)8-10-12/h7-10H,2-6H2,1H3,(H2,20,21,24). The molecule has 0 saturated carbocycles. The molecule has 0 saturated heterocycles. The van der Waals surface area contributed by atoms with Gasteiger partial charge in [0.2, 0.25) is 0 Å². The van der Waals surface area contributed by atoms with Crippen LogP contribution in [-0.2, 0) is 17.6 Å². The van der Waals surface area contributed by atoms with Crippen molar-refractivity contribution in [1.29, 1.82) is 0 Å². The molecule has 0 fully saturated rings. The van der Waals surface area contributed by atoms with Crippen LogP contribution < -0.4 is 10.6 Å². The molecule has 25 heavy (non-hydrogen) atoms. The highest BCUT2D eigenvalue weighted by molar-refractivity contribution is 7.80. The van der Waals surface area contributed by atoms with Gasteiger partial charge in [0.05, 0.1) is 12.7 Å². The molecule has 132 valence electrons. The predicted octanol–water partition coefficient (Wildman–Crippen LogP) is 4.75. The lowest BCUT2D eigenvalue weighted by Gasteiger charge is -2.11. The molecule has 3 rings (SSSR count). The average molecular weight is 378 g/mol. The van der Waals surface area contributed by atoms with Crippen molar-refractivity contribution < 1.29 is 13.9 Å². The van der Waals surface area contributed by atoms with Crippen molar-refractivity contribution >= 4 is 45.3 Å². The molecular weight excluding hydrogens is 359 g/mol. The monoisotopic (exact) mass is 378 g/mol. The van der Waals surface area contributed by atoms with Crippen LogP contribution in [0.25, 0.3) is 0 Å². The van der Waals surface area contributed by atoms with Crippen molar-refractivity contribution in [3.63, 3.8) is 0 Å². The number of carbonyl (C=O) groups is 1. The number of fused-ring (bicyclic) bond motifs is 1. The SMILES string of the molecule is COC(=O)c1c(NC(=S)Nc2ccc(F)cc2)sc2c1CCCCC2. The zero-order valence-electron chi connectivity index (χ0n) is 13.9. The van der Waals surface area contributed by atoms with E-state index in [-0.39, 0.29) is 11.8 Å². The largest absolute Gasteiger partial charge is 0.465 e. The van der Waals surface area contributed by atoms with Gasteiger partial charge in [-0.3, -0.25) is 0 Å². The minimum Gasteiger partial charge on any atom is -0.465 e. The van der Waals surface area contributed by atoms with E-state index in [2.05, 4.69) is 10.6 Å². The summed E-state index contributed by atoms with van der Waals surface area (Å²) in [5, 5.41) is 7.18. The smallest absolute Gasteiger partial charge is 0.341 e. The first-order valence-electron chi connectivity index (χ1n) is 8.15. The quantitative estimate of drug-likeness (QED) is 0.458. The normalized spacial score (nSPS) is 13.5. The van der Waals surface area contributed by atoms with Crippen molar-refractivity contribution in [3.05, 3.63) is 46.1 Å². The van der Waals surface area contributed by atoms with Crippen LogP contribution in [0.2, 0.25) is 0 Å². The maximum atomic E-state index is 13.0. The van der Waals surface area contributed by atoms with Crippen LogP contribution in [0.1, 0.15) is 40.1 Å². The molecule has 0 spiro atoms. The van der Waals surface area contributed by atoms with Crippen molar-refractivity contribution in [2.75, 3.05) is 17.7 Å². The fourth-order valence-electron chi connectivity index (χ4n) is 2.95. The molecule has 4 nitrogen and oxygen atoms in total. The zero-order chi connectivity index (χ0) is 17.8. The Morgan fingerprint density at radius 3 is 2.60 bits per heavy atom. The molecule has 1 aliphatic rings. The van der Waals surface area contributed by atoms with Crippen molar-refractivity contribution in [2.45, 2.75) is 32.1 Å².